The van der Waals surface area contributed by atoms with Gasteiger partial charge in [0, 0.05) is 16.6 Å². The minimum absolute atomic E-state index is 0.208. The summed E-state index contributed by atoms with van der Waals surface area (Å²) < 4.78 is 6.76. The van der Waals surface area contributed by atoms with Crippen molar-refractivity contribution in [1.29, 1.82) is 0 Å². The van der Waals surface area contributed by atoms with Gasteiger partial charge in [0.15, 0.2) is 0 Å². The number of aliphatic hydroxyl groups excluding tert-OH is 1. The largest absolute Gasteiger partial charge is 0.490 e. The van der Waals surface area contributed by atoms with Gasteiger partial charge in [0.2, 0.25) is 0 Å². The average molecular weight is 336 g/mol. The number of ether oxygens (including phenoxy) is 1. The zero-order chi connectivity index (χ0) is 14.5. The van der Waals surface area contributed by atoms with Crippen molar-refractivity contribution in [2.75, 3.05) is 6.61 Å². The summed E-state index contributed by atoms with van der Waals surface area (Å²) in [6, 6.07) is 13.4. The topological polar surface area (TPSA) is 55.5 Å². The van der Waals surface area contributed by atoms with E-state index in [0.29, 0.717) is 6.54 Å². The first kappa shape index (κ1) is 15.0. The Morgan fingerprint density at radius 3 is 2.60 bits per heavy atom. The summed E-state index contributed by atoms with van der Waals surface area (Å²) in [6.07, 6.45) is -0.648. The maximum atomic E-state index is 10.1. The van der Waals surface area contributed by atoms with E-state index in [-0.39, 0.29) is 6.61 Å². The van der Waals surface area contributed by atoms with Gasteiger partial charge in [-0.25, -0.2) is 0 Å². The summed E-state index contributed by atoms with van der Waals surface area (Å²) in [5.41, 5.74) is 8.51. The zero-order valence-electron chi connectivity index (χ0n) is 11.3. The maximum absolute atomic E-state index is 10.1. The number of hydrogen-bond acceptors (Lipinski definition) is 3. The van der Waals surface area contributed by atoms with Gasteiger partial charge in [-0.3, -0.25) is 0 Å². The lowest BCUT2D eigenvalue weighted by Crippen LogP contribution is -2.12. The minimum atomic E-state index is -0.648. The Kier molecular flexibility index (Phi) is 5.17. The lowest BCUT2D eigenvalue weighted by Gasteiger charge is -2.17. The molecule has 0 amide bonds. The minimum Gasteiger partial charge on any atom is -0.490 e. The van der Waals surface area contributed by atoms with Crippen molar-refractivity contribution in [2.24, 2.45) is 5.73 Å². The highest BCUT2D eigenvalue weighted by Crippen LogP contribution is 2.28. The fourth-order valence-electron chi connectivity index (χ4n) is 2.09. The zero-order valence-corrected chi connectivity index (χ0v) is 12.9. The van der Waals surface area contributed by atoms with E-state index in [9.17, 15) is 5.11 Å². The Morgan fingerprint density at radius 1 is 1.25 bits per heavy atom. The molecule has 3 nitrogen and oxygen atoms in total. The van der Waals surface area contributed by atoms with Crippen LogP contribution in [0.3, 0.4) is 0 Å². The molecule has 1 unspecified atom stereocenters. The first-order valence-electron chi connectivity index (χ1n) is 6.46. The van der Waals surface area contributed by atoms with E-state index in [1.807, 2.05) is 49.4 Å². The predicted molar refractivity (Wildman–Crippen MR) is 83.7 cm³/mol. The van der Waals surface area contributed by atoms with E-state index in [2.05, 4.69) is 15.9 Å². The number of benzene rings is 2. The third-order valence-corrected chi connectivity index (χ3v) is 3.56. The molecule has 0 heterocycles. The molecule has 0 bridgehead atoms. The third-order valence-electron chi connectivity index (χ3n) is 3.11. The van der Waals surface area contributed by atoms with Gasteiger partial charge < -0.3 is 15.6 Å². The number of halogens is 1. The summed E-state index contributed by atoms with van der Waals surface area (Å²) in [4.78, 5) is 0. The SMILES string of the molecule is Cc1cc(Br)cc(CN)c1OCC(O)c1ccccc1. The number of aliphatic hydroxyl groups is 1. The number of rotatable bonds is 5. The highest BCUT2D eigenvalue weighted by atomic mass is 79.9. The van der Waals surface area contributed by atoms with E-state index in [4.69, 9.17) is 10.5 Å². The fourth-order valence-corrected chi connectivity index (χ4v) is 2.71. The van der Waals surface area contributed by atoms with Gasteiger partial charge in [-0.1, -0.05) is 46.3 Å². The quantitative estimate of drug-likeness (QED) is 0.881. The molecule has 0 aliphatic heterocycles. The second-order valence-electron chi connectivity index (χ2n) is 4.65. The van der Waals surface area contributed by atoms with Crippen molar-refractivity contribution >= 4 is 15.9 Å². The second kappa shape index (κ2) is 6.88. The molecule has 106 valence electrons. The summed E-state index contributed by atoms with van der Waals surface area (Å²) >= 11 is 3.44. The first-order chi connectivity index (χ1) is 9.61. The molecule has 2 aromatic carbocycles. The number of nitrogens with two attached hydrogens (primary N) is 1. The van der Waals surface area contributed by atoms with E-state index in [0.717, 1.165) is 26.9 Å². The molecular weight excluding hydrogens is 318 g/mol. The fraction of sp³-hybridized carbons (Fsp3) is 0.250. The maximum Gasteiger partial charge on any atom is 0.126 e. The lowest BCUT2D eigenvalue weighted by atomic mass is 10.1. The molecule has 0 saturated heterocycles. The van der Waals surface area contributed by atoms with Crippen LogP contribution in [0.5, 0.6) is 5.75 Å². The number of aryl methyl sites for hydroxylation is 1. The Labute approximate surface area is 127 Å². The molecule has 1 atom stereocenters. The van der Waals surface area contributed by atoms with Crippen molar-refractivity contribution in [3.05, 3.63) is 63.6 Å². The molecule has 0 spiro atoms. The van der Waals surface area contributed by atoms with Gasteiger partial charge in [-0.15, -0.1) is 0 Å². The highest BCUT2D eigenvalue weighted by molar-refractivity contribution is 9.10. The predicted octanol–water partition coefficient (Wildman–Crippen LogP) is 3.33. The molecule has 2 rings (SSSR count). The Balaban J connectivity index is 2.11. The van der Waals surface area contributed by atoms with E-state index in [1.165, 1.54) is 0 Å². The summed E-state index contributed by atoms with van der Waals surface area (Å²) in [6.45, 7) is 2.57. The molecule has 2 aromatic rings. The van der Waals surface area contributed by atoms with Crippen LogP contribution in [0.15, 0.2) is 46.9 Å². The van der Waals surface area contributed by atoms with Crippen LogP contribution in [-0.2, 0) is 6.54 Å². The molecule has 0 saturated carbocycles. The number of hydrogen-bond donors (Lipinski definition) is 2. The Hall–Kier alpha value is -1.36. The molecular formula is C16H18BrNO2. The van der Waals surface area contributed by atoms with Crippen LogP contribution >= 0.6 is 15.9 Å². The molecule has 3 N–H and O–H groups in total. The van der Waals surface area contributed by atoms with Gasteiger partial charge in [0.05, 0.1) is 0 Å². The van der Waals surface area contributed by atoms with Gasteiger partial charge in [-0.2, -0.15) is 0 Å². The van der Waals surface area contributed by atoms with Crippen LogP contribution in [0, 0.1) is 6.92 Å². The van der Waals surface area contributed by atoms with Crippen LogP contribution in [0.4, 0.5) is 0 Å². The van der Waals surface area contributed by atoms with Crippen molar-refractivity contribution < 1.29 is 9.84 Å². The van der Waals surface area contributed by atoms with Crippen molar-refractivity contribution in [3.63, 3.8) is 0 Å². The molecule has 0 aliphatic rings. The lowest BCUT2D eigenvalue weighted by molar-refractivity contribution is 0.107. The van der Waals surface area contributed by atoms with Gasteiger partial charge in [0.25, 0.3) is 0 Å². The van der Waals surface area contributed by atoms with Crippen molar-refractivity contribution in [3.8, 4) is 5.75 Å². The second-order valence-corrected chi connectivity index (χ2v) is 5.57. The van der Waals surface area contributed by atoms with E-state index < -0.39 is 6.10 Å². The molecule has 0 aromatic heterocycles. The molecule has 4 heteroatoms. The van der Waals surface area contributed by atoms with Crippen molar-refractivity contribution in [1.82, 2.24) is 0 Å². The molecule has 20 heavy (non-hydrogen) atoms. The highest BCUT2D eigenvalue weighted by Gasteiger charge is 2.12. The van der Waals surface area contributed by atoms with Crippen LogP contribution in [0.25, 0.3) is 0 Å². The third kappa shape index (κ3) is 3.60. The van der Waals surface area contributed by atoms with Gasteiger partial charge >= 0.3 is 0 Å². The standard InChI is InChI=1S/C16H18BrNO2/c1-11-7-14(17)8-13(9-18)16(11)20-10-15(19)12-5-3-2-4-6-12/h2-8,15,19H,9-10,18H2,1H3. The Morgan fingerprint density at radius 2 is 1.95 bits per heavy atom. The Bertz CT molecular complexity index is 572. The molecule has 0 radical (unpaired) electrons. The van der Waals surface area contributed by atoms with Crippen LogP contribution in [-0.4, -0.2) is 11.7 Å². The average Bonchev–Trinajstić information content (AvgIpc) is 2.46. The van der Waals surface area contributed by atoms with E-state index in [1.54, 1.807) is 0 Å². The van der Waals surface area contributed by atoms with Crippen molar-refractivity contribution in [2.45, 2.75) is 19.6 Å². The van der Waals surface area contributed by atoms with E-state index >= 15 is 0 Å². The molecule has 0 fully saturated rings. The first-order valence-corrected chi connectivity index (χ1v) is 7.26. The van der Waals surface area contributed by atoms with Crippen LogP contribution < -0.4 is 10.5 Å². The summed E-state index contributed by atoms with van der Waals surface area (Å²) in [5.74, 6) is 0.755. The normalized spacial score (nSPS) is 12.2. The van der Waals surface area contributed by atoms with Crippen LogP contribution in [0.1, 0.15) is 22.8 Å². The van der Waals surface area contributed by atoms with Gasteiger partial charge in [-0.05, 0) is 30.2 Å². The molecule has 0 aliphatic carbocycles. The smallest absolute Gasteiger partial charge is 0.126 e. The monoisotopic (exact) mass is 335 g/mol. The summed E-state index contributed by atoms with van der Waals surface area (Å²) in [5, 5.41) is 10.1. The van der Waals surface area contributed by atoms with Crippen LogP contribution in [0.2, 0.25) is 0 Å². The summed E-state index contributed by atoms with van der Waals surface area (Å²) in [7, 11) is 0. The van der Waals surface area contributed by atoms with Gasteiger partial charge in [0.1, 0.15) is 18.5 Å².